The van der Waals surface area contributed by atoms with Crippen LogP contribution in [0.3, 0.4) is 0 Å². The molecule has 0 unspecified atom stereocenters. The van der Waals surface area contributed by atoms with Crippen molar-refractivity contribution >= 4 is 15.6 Å². The molecule has 4 aromatic rings. The van der Waals surface area contributed by atoms with Gasteiger partial charge in [-0.1, -0.05) is 58.8 Å². The maximum atomic E-state index is 14.2. The summed E-state index contributed by atoms with van der Waals surface area (Å²) in [5, 5.41) is 18.3. The summed E-state index contributed by atoms with van der Waals surface area (Å²) in [6.07, 6.45) is -4.42. The molecule has 1 aliphatic carbocycles. The zero-order chi connectivity index (χ0) is 27.9. The predicted molar refractivity (Wildman–Crippen MR) is 134 cm³/mol. The Morgan fingerprint density at radius 2 is 1.72 bits per heavy atom. The number of aliphatic hydroxyl groups excluding tert-OH is 1. The van der Waals surface area contributed by atoms with E-state index < -0.39 is 44.9 Å². The summed E-state index contributed by atoms with van der Waals surface area (Å²) in [6.45, 7) is 0. The highest BCUT2D eigenvalue weighted by molar-refractivity contribution is 7.90. The number of halogens is 3. The van der Waals surface area contributed by atoms with Gasteiger partial charge in [-0.3, -0.25) is 4.79 Å². The van der Waals surface area contributed by atoms with Gasteiger partial charge >= 0.3 is 6.18 Å². The molecule has 0 saturated heterocycles. The third-order valence-electron chi connectivity index (χ3n) is 6.60. The fourth-order valence-electron chi connectivity index (χ4n) is 4.75. The van der Waals surface area contributed by atoms with E-state index in [0.29, 0.717) is 28.8 Å². The summed E-state index contributed by atoms with van der Waals surface area (Å²) in [4.78, 5) is 12.4. The summed E-state index contributed by atoms with van der Waals surface area (Å²) in [5.74, 6) is -1.20. The van der Waals surface area contributed by atoms with Crippen molar-refractivity contribution in [2.24, 2.45) is 0 Å². The monoisotopic (exact) mass is 560 g/mol. The van der Waals surface area contributed by atoms with E-state index in [4.69, 9.17) is 9.05 Å². The Morgan fingerprint density at radius 1 is 1.03 bits per heavy atom. The van der Waals surface area contributed by atoms with Crippen molar-refractivity contribution in [3.8, 4) is 34.0 Å². The van der Waals surface area contributed by atoms with Gasteiger partial charge in [0.15, 0.2) is 23.0 Å². The standard InChI is InChI=1S/C27H23F3N2O6S/c1-39(35,36)13-5-8-20(33)24(34)17-10-11-18-16(14-17)9-12-19-22(18)31-38-26(19)23-21(27(28,29)30)25(37-32-23)15-6-3-2-4-7-15/h2-4,6-7,10-11,14,24,34H,5,8-9,12-13H2,1H3/t24-/m0/s1. The number of alkyl halides is 3. The van der Waals surface area contributed by atoms with Crippen LogP contribution in [0.1, 0.15) is 41.2 Å². The molecule has 5 rings (SSSR count). The quantitative estimate of drug-likeness (QED) is 0.312. The Labute approximate surface area is 221 Å². The number of hydrogen-bond donors (Lipinski definition) is 1. The number of ketones is 1. The Hall–Kier alpha value is -3.77. The maximum absolute atomic E-state index is 14.2. The number of carbonyl (C=O) groups excluding carboxylic acids is 1. The average Bonchev–Trinajstić information content (AvgIpc) is 3.52. The van der Waals surface area contributed by atoms with E-state index in [-0.39, 0.29) is 36.3 Å². The molecule has 0 aliphatic heterocycles. The highest BCUT2D eigenvalue weighted by atomic mass is 32.2. The molecule has 0 radical (unpaired) electrons. The van der Waals surface area contributed by atoms with Crippen LogP contribution in [0.5, 0.6) is 0 Å². The number of sulfone groups is 1. The van der Waals surface area contributed by atoms with Gasteiger partial charge in [0, 0.05) is 29.4 Å². The van der Waals surface area contributed by atoms with Crippen molar-refractivity contribution in [1.82, 2.24) is 10.3 Å². The first-order chi connectivity index (χ1) is 18.4. The molecule has 2 aromatic carbocycles. The van der Waals surface area contributed by atoms with Crippen LogP contribution in [0.4, 0.5) is 13.2 Å². The summed E-state index contributed by atoms with van der Waals surface area (Å²) in [7, 11) is -3.22. The van der Waals surface area contributed by atoms with E-state index in [2.05, 4.69) is 10.3 Å². The lowest BCUT2D eigenvalue weighted by Gasteiger charge is -2.18. The van der Waals surface area contributed by atoms with E-state index >= 15 is 0 Å². The molecule has 0 spiro atoms. The Kier molecular flexibility index (Phi) is 6.93. The first-order valence-corrected chi connectivity index (χ1v) is 14.1. The van der Waals surface area contributed by atoms with Crippen LogP contribution in [0.25, 0.3) is 34.0 Å². The molecule has 1 aliphatic rings. The van der Waals surface area contributed by atoms with E-state index in [1.54, 1.807) is 30.3 Å². The number of benzene rings is 2. The fourth-order valence-corrected chi connectivity index (χ4v) is 5.41. The second-order valence-electron chi connectivity index (χ2n) is 9.46. The van der Waals surface area contributed by atoms with Crippen LogP contribution in [0, 0.1) is 0 Å². The van der Waals surface area contributed by atoms with Crippen LogP contribution < -0.4 is 0 Å². The normalized spacial score (nSPS) is 14.1. The van der Waals surface area contributed by atoms with Gasteiger partial charge in [-0.15, -0.1) is 0 Å². The van der Waals surface area contributed by atoms with Crippen molar-refractivity contribution in [2.75, 3.05) is 12.0 Å². The predicted octanol–water partition coefficient (Wildman–Crippen LogP) is 5.21. The van der Waals surface area contributed by atoms with Crippen LogP contribution in [0.2, 0.25) is 0 Å². The van der Waals surface area contributed by atoms with Crippen molar-refractivity contribution in [2.45, 2.75) is 38.0 Å². The number of Topliss-reactive ketones (excluding diaryl/α,β-unsaturated/α-hetero) is 1. The van der Waals surface area contributed by atoms with E-state index in [9.17, 15) is 31.5 Å². The molecule has 2 aromatic heterocycles. The molecule has 204 valence electrons. The lowest BCUT2D eigenvalue weighted by atomic mass is 9.86. The largest absolute Gasteiger partial charge is 0.422 e. The number of fused-ring (bicyclic) bond motifs is 3. The number of nitrogens with zero attached hydrogens (tertiary/aromatic N) is 2. The second kappa shape index (κ2) is 10.1. The topological polar surface area (TPSA) is 124 Å². The van der Waals surface area contributed by atoms with Crippen molar-refractivity contribution in [3.63, 3.8) is 0 Å². The van der Waals surface area contributed by atoms with Crippen LogP contribution in [-0.4, -0.2) is 41.6 Å². The zero-order valence-electron chi connectivity index (χ0n) is 20.7. The van der Waals surface area contributed by atoms with E-state index in [0.717, 1.165) is 11.8 Å². The van der Waals surface area contributed by atoms with Crippen LogP contribution in [-0.2, 0) is 33.6 Å². The maximum Gasteiger partial charge on any atom is 0.422 e. The smallest absolute Gasteiger partial charge is 0.381 e. The van der Waals surface area contributed by atoms with Crippen molar-refractivity contribution in [1.29, 1.82) is 0 Å². The lowest BCUT2D eigenvalue weighted by Crippen LogP contribution is -2.15. The Morgan fingerprint density at radius 3 is 2.41 bits per heavy atom. The molecule has 8 nitrogen and oxygen atoms in total. The molecule has 12 heteroatoms. The SMILES string of the molecule is CS(=O)(=O)CCCC(=O)[C@@H](O)c1ccc2c(c1)CCc1c-2noc1-c1noc(-c2ccccc2)c1C(F)(F)F. The first-order valence-electron chi connectivity index (χ1n) is 12.1. The minimum absolute atomic E-state index is 0.0909. The minimum atomic E-state index is -4.77. The molecule has 0 saturated carbocycles. The van der Waals surface area contributed by atoms with Crippen LogP contribution >= 0.6 is 0 Å². The molecule has 1 atom stereocenters. The Bertz CT molecular complexity index is 1640. The van der Waals surface area contributed by atoms with E-state index in [1.165, 1.54) is 18.2 Å². The molecule has 0 fully saturated rings. The number of aliphatic hydroxyl groups is 1. The summed E-state index contributed by atoms with van der Waals surface area (Å²) >= 11 is 0. The lowest BCUT2D eigenvalue weighted by molar-refractivity contribution is -0.137. The number of aromatic nitrogens is 2. The third-order valence-corrected chi connectivity index (χ3v) is 7.63. The highest BCUT2D eigenvalue weighted by Gasteiger charge is 2.43. The van der Waals surface area contributed by atoms with Gasteiger partial charge in [-0.05, 0) is 30.4 Å². The van der Waals surface area contributed by atoms with E-state index in [1.807, 2.05) is 0 Å². The van der Waals surface area contributed by atoms with Crippen LogP contribution in [0.15, 0.2) is 57.6 Å². The molecule has 0 amide bonds. The third kappa shape index (κ3) is 5.39. The molecule has 2 heterocycles. The Balaban J connectivity index is 1.45. The first kappa shape index (κ1) is 26.8. The molecule has 1 N–H and O–H groups in total. The fraction of sp³-hybridized carbons (Fsp3) is 0.296. The number of aryl methyl sites for hydroxylation is 1. The van der Waals surface area contributed by atoms with Crippen molar-refractivity contribution in [3.05, 3.63) is 70.8 Å². The number of carbonyl (C=O) groups is 1. The zero-order valence-corrected chi connectivity index (χ0v) is 21.5. The molecule has 0 bridgehead atoms. The van der Waals surface area contributed by atoms with Gasteiger partial charge in [0.1, 0.15) is 27.2 Å². The van der Waals surface area contributed by atoms with Gasteiger partial charge < -0.3 is 14.2 Å². The van der Waals surface area contributed by atoms with Gasteiger partial charge in [0.2, 0.25) is 0 Å². The molecule has 39 heavy (non-hydrogen) atoms. The van der Waals surface area contributed by atoms with Gasteiger partial charge in [0.05, 0.1) is 5.75 Å². The second-order valence-corrected chi connectivity index (χ2v) is 11.7. The molecular weight excluding hydrogens is 537 g/mol. The number of rotatable bonds is 8. The van der Waals surface area contributed by atoms with Gasteiger partial charge in [-0.2, -0.15) is 13.2 Å². The minimum Gasteiger partial charge on any atom is -0.381 e. The molecular formula is C27H23F3N2O6S. The summed E-state index contributed by atoms with van der Waals surface area (Å²) < 4.78 is 75.6. The average molecular weight is 561 g/mol. The van der Waals surface area contributed by atoms with Gasteiger partial charge in [0.25, 0.3) is 0 Å². The summed E-state index contributed by atoms with van der Waals surface area (Å²) in [6, 6.07) is 12.7. The van der Waals surface area contributed by atoms with Crippen molar-refractivity contribution < 1.29 is 40.5 Å². The van der Waals surface area contributed by atoms with Gasteiger partial charge in [-0.25, -0.2) is 8.42 Å². The summed E-state index contributed by atoms with van der Waals surface area (Å²) in [5.41, 5.74) is 1.18. The highest BCUT2D eigenvalue weighted by Crippen LogP contribution is 2.46. The number of hydrogen-bond acceptors (Lipinski definition) is 8.